The molecule has 4 nitrogen and oxygen atoms in total. The van der Waals surface area contributed by atoms with Crippen LogP contribution in [0.4, 0.5) is 0 Å². The molecule has 1 aliphatic rings. The van der Waals surface area contributed by atoms with Crippen molar-refractivity contribution in [1.82, 2.24) is 14.7 Å². The molecule has 0 fully saturated rings. The van der Waals surface area contributed by atoms with Crippen molar-refractivity contribution in [2.75, 3.05) is 5.88 Å². The Morgan fingerprint density at radius 2 is 2.12 bits per heavy atom. The fourth-order valence-corrected chi connectivity index (χ4v) is 4.09. The van der Waals surface area contributed by atoms with Crippen LogP contribution in [0.2, 0.25) is 0 Å². The van der Waals surface area contributed by atoms with Gasteiger partial charge in [-0.1, -0.05) is 36.4 Å². The van der Waals surface area contributed by atoms with Crippen LogP contribution in [-0.4, -0.2) is 32.5 Å². The Morgan fingerprint density at radius 1 is 1.27 bits per heavy atom. The van der Waals surface area contributed by atoms with Crippen LogP contribution < -0.4 is 0 Å². The standard InChI is InChI=1S/C21H22ClN3O/c1-15-17(7-6-16-4-2-3-5-20(15)16)14-24(21(26)13-22)18-9-11-25-19(12-18)8-10-23-25/h2-8,10,18H,9,11-14H2,1H3. The highest BCUT2D eigenvalue weighted by Crippen LogP contribution is 2.26. The third kappa shape index (κ3) is 3.10. The maximum absolute atomic E-state index is 12.6. The average molecular weight is 368 g/mol. The number of benzene rings is 2. The van der Waals surface area contributed by atoms with Gasteiger partial charge in [-0.25, -0.2) is 0 Å². The quantitative estimate of drug-likeness (QED) is 0.655. The van der Waals surface area contributed by atoms with Crippen LogP contribution >= 0.6 is 11.6 Å². The van der Waals surface area contributed by atoms with Crippen molar-refractivity contribution in [3.8, 4) is 0 Å². The fraction of sp³-hybridized carbons (Fsp3) is 0.333. The van der Waals surface area contributed by atoms with Crippen molar-refractivity contribution >= 4 is 28.3 Å². The molecule has 0 radical (unpaired) electrons. The average Bonchev–Trinajstić information content (AvgIpc) is 3.15. The van der Waals surface area contributed by atoms with E-state index >= 15 is 0 Å². The number of rotatable bonds is 4. The molecule has 0 N–H and O–H groups in total. The largest absolute Gasteiger partial charge is 0.334 e. The summed E-state index contributed by atoms with van der Waals surface area (Å²) in [5.41, 5.74) is 3.60. The number of carbonyl (C=O) groups excluding carboxylic acids is 1. The number of hydrogen-bond acceptors (Lipinski definition) is 2. The summed E-state index contributed by atoms with van der Waals surface area (Å²) in [6, 6.07) is 14.8. The fourth-order valence-electron chi connectivity index (χ4n) is 3.94. The Kier molecular flexibility index (Phi) is 4.68. The van der Waals surface area contributed by atoms with Crippen LogP contribution in [0, 0.1) is 6.92 Å². The summed E-state index contributed by atoms with van der Waals surface area (Å²) < 4.78 is 2.03. The Bertz CT molecular complexity index is 949. The van der Waals surface area contributed by atoms with Crippen molar-refractivity contribution < 1.29 is 4.79 Å². The summed E-state index contributed by atoms with van der Waals surface area (Å²) >= 11 is 5.94. The van der Waals surface area contributed by atoms with Gasteiger partial charge in [-0.3, -0.25) is 9.48 Å². The molecule has 134 valence electrons. The van der Waals surface area contributed by atoms with Crippen molar-refractivity contribution in [3.05, 3.63) is 65.5 Å². The van der Waals surface area contributed by atoms with Crippen molar-refractivity contribution in [2.24, 2.45) is 0 Å². The van der Waals surface area contributed by atoms with Crippen LogP contribution in [0.5, 0.6) is 0 Å². The van der Waals surface area contributed by atoms with E-state index in [1.807, 2.05) is 21.8 Å². The first-order valence-electron chi connectivity index (χ1n) is 9.00. The van der Waals surface area contributed by atoms with Gasteiger partial charge in [0, 0.05) is 37.4 Å². The SMILES string of the molecule is Cc1c(CN(C(=O)CCl)C2CCn3nccc3C2)ccc2ccccc12. The summed E-state index contributed by atoms with van der Waals surface area (Å²) in [6.45, 7) is 3.58. The molecule has 0 aliphatic carbocycles. The van der Waals surface area contributed by atoms with E-state index in [1.165, 1.54) is 27.6 Å². The molecule has 26 heavy (non-hydrogen) atoms. The molecule has 1 aromatic heterocycles. The zero-order valence-electron chi connectivity index (χ0n) is 14.9. The van der Waals surface area contributed by atoms with Gasteiger partial charge >= 0.3 is 0 Å². The molecule has 1 amide bonds. The molecular weight excluding hydrogens is 346 g/mol. The lowest BCUT2D eigenvalue weighted by atomic mass is 9.97. The van der Waals surface area contributed by atoms with E-state index in [4.69, 9.17) is 11.6 Å². The van der Waals surface area contributed by atoms with Gasteiger partial charge in [0.05, 0.1) is 0 Å². The lowest BCUT2D eigenvalue weighted by molar-refractivity contribution is -0.132. The summed E-state index contributed by atoms with van der Waals surface area (Å²) in [5.74, 6) is 0.0137. The number of fused-ring (bicyclic) bond motifs is 2. The molecule has 0 saturated carbocycles. The molecule has 3 aromatic rings. The maximum Gasteiger partial charge on any atom is 0.238 e. The molecule has 1 aliphatic heterocycles. The lowest BCUT2D eigenvalue weighted by Crippen LogP contribution is -2.44. The highest BCUT2D eigenvalue weighted by atomic mass is 35.5. The Labute approximate surface area is 158 Å². The smallest absolute Gasteiger partial charge is 0.238 e. The van der Waals surface area contributed by atoms with E-state index in [-0.39, 0.29) is 17.8 Å². The van der Waals surface area contributed by atoms with Crippen LogP contribution in [0.1, 0.15) is 23.2 Å². The molecule has 1 atom stereocenters. The predicted molar refractivity (Wildman–Crippen MR) is 104 cm³/mol. The van der Waals surface area contributed by atoms with E-state index in [9.17, 15) is 4.79 Å². The first kappa shape index (κ1) is 17.1. The number of hydrogen-bond donors (Lipinski definition) is 0. The van der Waals surface area contributed by atoms with Gasteiger partial charge in [0.2, 0.25) is 5.91 Å². The Balaban J connectivity index is 1.64. The number of aromatic nitrogens is 2. The van der Waals surface area contributed by atoms with Gasteiger partial charge in [-0.05, 0) is 41.3 Å². The van der Waals surface area contributed by atoms with E-state index < -0.39 is 0 Å². The number of amides is 1. The van der Waals surface area contributed by atoms with Crippen molar-refractivity contribution in [1.29, 1.82) is 0 Å². The van der Waals surface area contributed by atoms with Crippen LogP contribution in [0.15, 0.2) is 48.7 Å². The van der Waals surface area contributed by atoms with Gasteiger partial charge in [0.1, 0.15) is 5.88 Å². The number of nitrogens with zero attached hydrogens (tertiary/aromatic N) is 3. The number of aryl methyl sites for hydroxylation is 2. The van der Waals surface area contributed by atoms with Crippen LogP contribution in [-0.2, 0) is 24.3 Å². The van der Waals surface area contributed by atoms with E-state index in [0.29, 0.717) is 6.54 Å². The molecule has 2 aromatic carbocycles. The second-order valence-electron chi connectivity index (χ2n) is 6.92. The van der Waals surface area contributed by atoms with Crippen LogP contribution in [0.25, 0.3) is 10.8 Å². The Hall–Kier alpha value is -2.33. The number of alkyl halides is 1. The monoisotopic (exact) mass is 367 g/mol. The second kappa shape index (κ2) is 7.12. The van der Waals surface area contributed by atoms with Crippen molar-refractivity contribution in [2.45, 2.75) is 38.9 Å². The third-order valence-electron chi connectivity index (χ3n) is 5.45. The number of halogens is 1. The molecular formula is C21H22ClN3O. The topological polar surface area (TPSA) is 38.1 Å². The van der Waals surface area contributed by atoms with Gasteiger partial charge in [0.25, 0.3) is 0 Å². The predicted octanol–water partition coefficient (Wildman–Crippen LogP) is 3.93. The van der Waals surface area contributed by atoms with Gasteiger partial charge in [-0.15, -0.1) is 11.6 Å². The van der Waals surface area contributed by atoms with Gasteiger partial charge < -0.3 is 4.90 Å². The molecule has 4 rings (SSSR count). The minimum absolute atomic E-state index is 0.00260. The third-order valence-corrected chi connectivity index (χ3v) is 5.68. The van der Waals surface area contributed by atoms with Crippen molar-refractivity contribution in [3.63, 3.8) is 0 Å². The highest BCUT2D eigenvalue weighted by Gasteiger charge is 2.28. The molecule has 0 saturated heterocycles. The maximum atomic E-state index is 12.6. The van der Waals surface area contributed by atoms with Gasteiger partial charge in [0.15, 0.2) is 0 Å². The minimum atomic E-state index is -0.00260. The summed E-state index contributed by atoms with van der Waals surface area (Å²) in [4.78, 5) is 14.6. The summed E-state index contributed by atoms with van der Waals surface area (Å²) in [7, 11) is 0. The van der Waals surface area contributed by atoms with E-state index in [2.05, 4.69) is 48.4 Å². The summed E-state index contributed by atoms with van der Waals surface area (Å²) in [6.07, 6.45) is 3.57. The molecule has 2 heterocycles. The molecule has 1 unspecified atom stereocenters. The molecule has 0 bridgehead atoms. The van der Waals surface area contributed by atoms with E-state index in [0.717, 1.165) is 19.4 Å². The summed E-state index contributed by atoms with van der Waals surface area (Å²) in [5, 5.41) is 6.80. The molecule has 5 heteroatoms. The zero-order valence-corrected chi connectivity index (χ0v) is 15.6. The first-order valence-corrected chi connectivity index (χ1v) is 9.54. The lowest BCUT2D eigenvalue weighted by Gasteiger charge is -2.35. The van der Waals surface area contributed by atoms with Gasteiger partial charge in [-0.2, -0.15) is 5.10 Å². The van der Waals surface area contributed by atoms with Crippen LogP contribution in [0.3, 0.4) is 0 Å². The highest BCUT2D eigenvalue weighted by molar-refractivity contribution is 6.27. The second-order valence-corrected chi connectivity index (χ2v) is 7.19. The Morgan fingerprint density at radius 3 is 2.96 bits per heavy atom. The minimum Gasteiger partial charge on any atom is -0.334 e. The zero-order chi connectivity index (χ0) is 18.1. The number of carbonyl (C=O) groups is 1. The normalized spacial score (nSPS) is 16.5. The first-order chi connectivity index (χ1) is 12.7. The molecule has 0 spiro atoms. The van der Waals surface area contributed by atoms with E-state index in [1.54, 1.807) is 0 Å².